The number of rotatable bonds is 2. The van der Waals surface area contributed by atoms with Crippen LogP contribution in [0.1, 0.15) is 33.6 Å². The summed E-state index contributed by atoms with van der Waals surface area (Å²) < 4.78 is 7.38. The van der Waals surface area contributed by atoms with Crippen LogP contribution in [0.3, 0.4) is 0 Å². The standard InChI is InChI=1S/C18H19N5O3/c1-11-3-4-16-21-14(9-22(16)8-11)18(25)23-5-6-26-10-15(23)13-7-17(24)20-12(2)19-13/h3-4,7-9,15H,5-6,10H2,1-2H3,(H,19,20,24)/t15-/m1/s1. The average molecular weight is 353 g/mol. The molecular weight excluding hydrogens is 334 g/mol. The molecule has 0 radical (unpaired) electrons. The lowest BCUT2D eigenvalue weighted by Gasteiger charge is -2.34. The Bertz CT molecular complexity index is 1040. The Hall–Kier alpha value is -3.00. The number of nitrogens with zero attached hydrogens (tertiary/aromatic N) is 4. The molecule has 1 aliphatic rings. The zero-order chi connectivity index (χ0) is 18.3. The normalized spacial score (nSPS) is 17.6. The fraction of sp³-hybridized carbons (Fsp3) is 0.333. The maximum Gasteiger partial charge on any atom is 0.274 e. The van der Waals surface area contributed by atoms with Gasteiger partial charge >= 0.3 is 0 Å². The molecule has 3 aromatic heterocycles. The predicted octanol–water partition coefficient (Wildman–Crippen LogP) is 1.25. The number of H-pyrrole nitrogens is 1. The maximum atomic E-state index is 13.1. The summed E-state index contributed by atoms with van der Waals surface area (Å²) in [5.41, 5.74) is 2.45. The number of nitrogens with one attached hydrogen (secondary N) is 1. The summed E-state index contributed by atoms with van der Waals surface area (Å²) in [6.45, 7) is 4.86. The van der Waals surface area contributed by atoms with Crippen LogP contribution in [0.2, 0.25) is 0 Å². The molecule has 0 aromatic carbocycles. The van der Waals surface area contributed by atoms with Gasteiger partial charge in [0.15, 0.2) is 0 Å². The first-order valence-electron chi connectivity index (χ1n) is 8.43. The van der Waals surface area contributed by atoms with Crippen molar-refractivity contribution in [2.24, 2.45) is 0 Å². The molecule has 0 spiro atoms. The van der Waals surface area contributed by atoms with E-state index >= 15 is 0 Å². The Morgan fingerprint density at radius 2 is 2.12 bits per heavy atom. The molecule has 0 unspecified atom stereocenters. The zero-order valence-electron chi connectivity index (χ0n) is 14.6. The van der Waals surface area contributed by atoms with Gasteiger partial charge in [0.25, 0.3) is 11.5 Å². The number of morpholine rings is 1. The average Bonchev–Trinajstić information content (AvgIpc) is 3.03. The summed E-state index contributed by atoms with van der Waals surface area (Å²) in [7, 11) is 0. The first kappa shape index (κ1) is 16.5. The smallest absolute Gasteiger partial charge is 0.274 e. The van der Waals surface area contributed by atoms with Crippen molar-refractivity contribution in [3.8, 4) is 0 Å². The molecule has 8 nitrogen and oxygen atoms in total. The molecular formula is C18H19N5O3. The van der Waals surface area contributed by atoms with Crippen LogP contribution >= 0.6 is 0 Å². The second-order valence-corrected chi connectivity index (χ2v) is 6.44. The number of aromatic amines is 1. The van der Waals surface area contributed by atoms with E-state index < -0.39 is 6.04 Å². The number of aromatic nitrogens is 4. The molecule has 0 bridgehead atoms. The zero-order valence-corrected chi connectivity index (χ0v) is 14.6. The van der Waals surface area contributed by atoms with E-state index in [2.05, 4.69) is 15.0 Å². The Balaban J connectivity index is 1.70. The Morgan fingerprint density at radius 1 is 1.27 bits per heavy atom. The van der Waals surface area contributed by atoms with E-state index in [-0.39, 0.29) is 11.5 Å². The summed E-state index contributed by atoms with van der Waals surface area (Å²) in [6.07, 6.45) is 3.66. The highest BCUT2D eigenvalue weighted by Crippen LogP contribution is 2.24. The lowest BCUT2D eigenvalue weighted by molar-refractivity contribution is -0.00428. The van der Waals surface area contributed by atoms with Gasteiger partial charge in [-0.3, -0.25) is 9.59 Å². The second-order valence-electron chi connectivity index (χ2n) is 6.44. The van der Waals surface area contributed by atoms with E-state index in [4.69, 9.17) is 4.74 Å². The molecule has 4 heterocycles. The molecule has 1 amide bonds. The molecule has 4 rings (SSSR count). The third kappa shape index (κ3) is 2.99. The van der Waals surface area contributed by atoms with Gasteiger partial charge in [-0.15, -0.1) is 0 Å². The minimum absolute atomic E-state index is 0.195. The fourth-order valence-electron chi connectivity index (χ4n) is 3.22. The molecule has 1 aliphatic heterocycles. The van der Waals surface area contributed by atoms with Gasteiger partial charge in [-0.1, -0.05) is 6.07 Å². The maximum absolute atomic E-state index is 13.1. The molecule has 26 heavy (non-hydrogen) atoms. The molecule has 1 fully saturated rings. The molecule has 0 saturated carbocycles. The first-order valence-corrected chi connectivity index (χ1v) is 8.43. The summed E-state index contributed by atoms with van der Waals surface area (Å²) in [6, 6.07) is 4.84. The van der Waals surface area contributed by atoms with Gasteiger partial charge in [-0.2, -0.15) is 0 Å². The number of fused-ring (bicyclic) bond motifs is 1. The number of imidazole rings is 1. The number of carbonyl (C=O) groups is 1. The van der Waals surface area contributed by atoms with Crippen molar-refractivity contribution in [3.05, 3.63) is 63.7 Å². The fourth-order valence-corrected chi connectivity index (χ4v) is 3.22. The van der Waals surface area contributed by atoms with Crippen LogP contribution < -0.4 is 5.56 Å². The van der Waals surface area contributed by atoms with E-state index in [0.29, 0.717) is 42.6 Å². The summed E-state index contributed by atoms with van der Waals surface area (Å²) in [5.74, 6) is 0.313. The summed E-state index contributed by atoms with van der Waals surface area (Å²) >= 11 is 0. The van der Waals surface area contributed by atoms with Crippen LogP contribution in [0.4, 0.5) is 0 Å². The van der Waals surface area contributed by atoms with Crippen molar-refractivity contribution < 1.29 is 9.53 Å². The summed E-state index contributed by atoms with van der Waals surface area (Å²) in [5, 5.41) is 0. The van der Waals surface area contributed by atoms with E-state index in [1.54, 1.807) is 18.0 Å². The molecule has 1 atom stereocenters. The van der Waals surface area contributed by atoms with Crippen molar-refractivity contribution in [2.75, 3.05) is 19.8 Å². The first-order chi connectivity index (χ1) is 12.5. The Labute approximate surface area is 149 Å². The van der Waals surface area contributed by atoms with Gasteiger partial charge in [-0.25, -0.2) is 9.97 Å². The molecule has 1 saturated heterocycles. The highest BCUT2D eigenvalue weighted by atomic mass is 16.5. The topological polar surface area (TPSA) is 92.6 Å². The highest BCUT2D eigenvalue weighted by Gasteiger charge is 2.32. The summed E-state index contributed by atoms with van der Waals surface area (Å²) in [4.78, 5) is 38.0. The van der Waals surface area contributed by atoms with Crippen LogP contribution in [-0.2, 0) is 4.74 Å². The predicted molar refractivity (Wildman–Crippen MR) is 94.1 cm³/mol. The minimum atomic E-state index is -0.413. The SMILES string of the molecule is Cc1ccc2nc(C(=O)N3CCOC[C@@H]3c3cc(=O)[nH]c(C)n3)cn2c1. The molecule has 3 aromatic rings. The molecule has 8 heteroatoms. The van der Waals surface area contributed by atoms with Crippen LogP contribution in [-0.4, -0.2) is 49.9 Å². The highest BCUT2D eigenvalue weighted by molar-refractivity contribution is 5.93. The number of amides is 1. The van der Waals surface area contributed by atoms with Crippen LogP contribution in [0.15, 0.2) is 35.4 Å². The Morgan fingerprint density at radius 3 is 2.92 bits per heavy atom. The van der Waals surface area contributed by atoms with E-state index in [1.165, 1.54) is 6.07 Å². The number of hydrogen-bond donors (Lipinski definition) is 1. The van der Waals surface area contributed by atoms with Crippen molar-refractivity contribution in [3.63, 3.8) is 0 Å². The lowest BCUT2D eigenvalue weighted by Crippen LogP contribution is -2.44. The van der Waals surface area contributed by atoms with Gasteiger partial charge < -0.3 is 19.0 Å². The van der Waals surface area contributed by atoms with Crippen molar-refractivity contribution in [2.45, 2.75) is 19.9 Å². The van der Waals surface area contributed by atoms with Gasteiger partial charge in [0.05, 0.1) is 24.9 Å². The number of pyridine rings is 1. The minimum Gasteiger partial charge on any atom is -0.377 e. The van der Waals surface area contributed by atoms with Gasteiger partial charge in [0.1, 0.15) is 17.2 Å². The van der Waals surface area contributed by atoms with Crippen LogP contribution in [0, 0.1) is 13.8 Å². The van der Waals surface area contributed by atoms with Gasteiger partial charge in [-0.05, 0) is 25.5 Å². The number of ether oxygens (including phenoxy) is 1. The quantitative estimate of drug-likeness (QED) is 0.748. The van der Waals surface area contributed by atoms with E-state index in [1.807, 2.05) is 29.7 Å². The van der Waals surface area contributed by atoms with Crippen LogP contribution in [0.5, 0.6) is 0 Å². The van der Waals surface area contributed by atoms with Crippen molar-refractivity contribution in [1.82, 2.24) is 24.3 Å². The largest absolute Gasteiger partial charge is 0.377 e. The van der Waals surface area contributed by atoms with Gasteiger partial charge in [0.2, 0.25) is 0 Å². The lowest BCUT2D eigenvalue weighted by atomic mass is 10.1. The number of carbonyl (C=O) groups excluding carboxylic acids is 1. The van der Waals surface area contributed by atoms with Crippen molar-refractivity contribution >= 4 is 11.6 Å². The van der Waals surface area contributed by atoms with E-state index in [0.717, 1.165) is 5.56 Å². The monoisotopic (exact) mass is 353 g/mol. The number of hydrogen-bond acceptors (Lipinski definition) is 5. The molecule has 134 valence electrons. The van der Waals surface area contributed by atoms with Crippen molar-refractivity contribution in [1.29, 1.82) is 0 Å². The van der Waals surface area contributed by atoms with Crippen LogP contribution in [0.25, 0.3) is 5.65 Å². The number of aryl methyl sites for hydroxylation is 2. The second kappa shape index (κ2) is 6.38. The Kier molecular flexibility index (Phi) is 4.04. The molecule has 1 N–H and O–H groups in total. The third-order valence-corrected chi connectivity index (χ3v) is 4.43. The molecule has 0 aliphatic carbocycles. The van der Waals surface area contributed by atoms with E-state index in [9.17, 15) is 9.59 Å². The third-order valence-electron chi connectivity index (χ3n) is 4.43. The van der Waals surface area contributed by atoms with Gasteiger partial charge in [0, 0.05) is 25.0 Å².